The summed E-state index contributed by atoms with van der Waals surface area (Å²) < 4.78 is 5.44. The molecule has 0 saturated heterocycles. The van der Waals surface area contributed by atoms with Crippen LogP contribution in [-0.2, 0) is 11.2 Å². The number of rotatable bonds is 5. The summed E-state index contributed by atoms with van der Waals surface area (Å²) in [6.07, 6.45) is 2.05. The number of aliphatic hydroxyl groups excluding tert-OH is 1. The van der Waals surface area contributed by atoms with E-state index < -0.39 is 0 Å². The standard InChI is InChI=1S/C25H23NO3/c1-29-24-15-5-4-12-20(24)26-21(25-22(27)13-7-14-23(25)28)16-18-10-6-9-17-8-2-3-11-19(17)18/h2-6,8-12,15,27H,7,13-14,16H2,1H3. The number of nitrogens with zero attached hydrogens (tertiary/aromatic N) is 1. The third kappa shape index (κ3) is 3.92. The lowest BCUT2D eigenvalue weighted by Crippen LogP contribution is -2.21. The molecule has 4 nitrogen and oxygen atoms in total. The van der Waals surface area contributed by atoms with Gasteiger partial charge in [-0.3, -0.25) is 4.79 Å². The van der Waals surface area contributed by atoms with Crippen molar-refractivity contribution in [2.75, 3.05) is 7.11 Å². The highest BCUT2D eigenvalue weighted by atomic mass is 16.5. The summed E-state index contributed by atoms with van der Waals surface area (Å²) in [7, 11) is 1.60. The summed E-state index contributed by atoms with van der Waals surface area (Å²) in [6.45, 7) is 0. The van der Waals surface area contributed by atoms with Crippen LogP contribution < -0.4 is 4.74 Å². The Morgan fingerprint density at radius 1 is 1.00 bits per heavy atom. The number of Topliss-reactive ketones (excluding diaryl/α,β-unsaturated/α-hetero) is 1. The van der Waals surface area contributed by atoms with Crippen molar-refractivity contribution in [2.45, 2.75) is 25.7 Å². The van der Waals surface area contributed by atoms with Crippen molar-refractivity contribution in [1.29, 1.82) is 0 Å². The van der Waals surface area contributed by atoms with Gasteiger partial charge >= 0.3 is 0 Å². The highest BCUT2D eigenvalue weighted by molar-refractivity contribution is 6.24. The van der Waals surface area contributed by atoms with Crippen molar-refractivity contribution in [3.05, 3.63) is 83.6 Å². The van der Waals surface area contributed by atoms with Gasteiger partial charge in [-0.25, -0.2) is 4.99 Å². The van der Waals surface area contributed by atoms with Crippen molar-refractivity contribution in [2.24, 2.45) is 4.99 Å². The van der Waals surface area contributed by atoms with Gasteiger partial charge in [0.15, 0.2) is 5.78 Å². The summed E-state index contributed by atoms with van der Waals surface area (Å²) in [4.78, 5) is 17.5. The molecular formula is C25H23NO3. The molecule has 4 heteroatoms. The molecule has 0 amide bonds. The molecule has 0 aliphatic heterocycles. The van der Waals surface area contributed by atoms with E-state index in [4.69, 9.17) is 9.73 Å². The van der Waals surface area contributed by atoms with E-state index in [2.05, 4.69) is 18.2 Å². The number of fused-ring (bicyclic) bond motifs is 1. The molecule has 0 radical (unpaired) electrons. The Morgan fingerprint density at radius 3 is 2.59 bits per heavy atom. The second-order valence-electron chi connectivity index (χ2n) is 7.14. The normalized spacial score (nSPS) is 15.1. The molecule has 1 N–H and O–H groups in total. The number of aliphatic hydroxyl groups is 1. The zero-order chi connectivity index (χ0) is 20.2. The molecule has 0 fully saturated rings. The Hall–Kier alpha value is -3.40. The first-order valence-electron chi connectivity index (χ1n) is 9.80. The summed E-state index contributed by atoms with van der Waals surface area (Å²) in [6, 6.07) is 21.7. The summed E-state index contributed by atoms with van der Waals surface area (Å²) in [5.41, 5.74) is 2.64. The molecular weight excluding hydrogens is 362 g/mol. The molecule has 0 unspecified atom stereocenters. The Morgan fingerprint density at radius 2 is 1.76 bits per heavy atom. The van der Waals surface area contributed by atoms with E-state index in [9.17, 15) is 9.90 Å². The first-order valence-corrected chi connectivity index (χ1v) is 9.80. The van der Waals surface area contributed by atoms with Gasteiger partial charge in [0.25, 0.3) is 0 Å². The van der Waals surface area contributed by atoms with Gasteiger partial charge in [0.2, 0.25) is 0 Å². The van der Waals surface area contributed by atoms with Gasteiger partial charge in [0.1, 0.15) is 17.2 Å². The predicted molar refractivity (Wildman–Crippen MR) is 116 cm³/mol. The van der Waals surface area contributed by atoms with Crippen LogP contribution in [-0.4, -0.2) is 23.7 Å². The fraction of sp³-hybridized carbons (Fsp3) is 0.200. The lowest BCUT2D eigenvalue weighted by atomic mass is 9.89. The molecule has 1 aliphatic carbocycles. The Bertz CT molecular complexity index is 1120. The number of hydrogen-bond acceptors (Lipinski definition) is 4. The van der Waals surface area contributed by atoms with Crippen LogP contribution in [0.25, 0.3) is 10.8 Å². The number of allylic oxidation sites excluding steroid dienone is 2. The molecule has 0 atom stereocenters. The van der Waals surface area contributed by atoms with E-state index in [-0.39, 0.29) is 11.5 Å². The number of carbonyl (C=O) groups excluding carboxylic acids is 1. The topological polar surface area (TPSA) is 58.9 Å². The highest BCUT2D eigenvalue weighted by Gasteiger charge is 2.25. The lowest BCUT2D eigenvalue weighted by molar-refractivity contribution is -0.115. The van der Waals surface area contributed by atoms with Crippen LogP contribution in [0.2, 0.25) is 0 Å². The number of hydrogen-bond donors (Lipinski definition) is 1. The van der Waals surface area contributed by atoms with E-state index in [1.54, 1.807) is 7.11 Å². The average Bonchev–Trinajstić information content (AvgIpc) is 2.74. The largest absolute Gasteiger partial charge is 0.511 e. The first-order chi connectivity index (χ1) is 14.2. The maximum atomic E-state index is 12.7. The van der Waals surface area contributed by atoms with E-state index >= 15 is 0 Å². The molecule has 1 aliphatic rings. The minimum absolute atomic E-state index is 0.0531. The predicted octanol–water partition coefficient (Wildman–Crippen LogP) is 5.73. The van der Waals surface area contributed by atoms with E-state index in [0.29, 0.717) is 48.4 Å². The second-order valence-corrected chi connectivity index (χ2v) is 7.14. The van der Waals surface area contributed by atoms with Gasteiger partial charge in [-0.2, -0.15) is 0 Å². The van der Waals surface area contributed by atoms with Crippen LogP contribution in [0, 0.1) is 0 Å². The van der Waals surface area contributed by atoms with E-state index in [1.807, 2.05) is 48.5 Å². The molecule has 0 heterocycles. The molecule has 3 aromatic rings. The van der Waals surface area contributed by atoms with Gasteiger partial charge in [0, 0.05) is 19.3 Å². The van der Waals surface area contributed by atoms with Gasteiger partial charge < -0.3 is 9.84 Å². The van der Waals surface area contributed by atoms with Gasteiger partial charge in [-0.1, -0.05) is 54.6 Å². The minimum atomic E-state index is -0.0531. The van der Waals surface area contributed by atoms with Gasteiger partial charge in [-0.05, 0) is 34.9 Å². The van der Waals surface area contributed by atoms with Crippen molar-refractivity contribution in [3.63, 3.8) is 0 Å². The summed E-state index contributed by atoms with van der Waals surface area (Å²) in [5.74, 6) is 0.712. The van der Waals surface area contributed by atoms with E-state index in [1.165, 1.54) is 0 Å². The number of ketones is 1. The number of ether oxygens (including phenoxy) is 1. The maximum absolute atomic E-state index is 12.7. The van der Waals surface area contributed by atoms with Crippen LogP contribution >= 0.6 is 0 Å². The second kappa shape index (κ2) is 8.31. The van der Waals surface area contributed by atoms with Crippen LogP contribution in [0.1, 0.15) is 24.8 Å². The van der Waals surface area contributed by atoms with E-state index in [0.717, 1.165) is 16.3 Å². The third-order valence-corrected chi connectivity index (χ3v) is 5.25. The van der Waals surface area contributed by atoms with Crippen molar-refractivity contribution in [1.82, 2.24) is 0 Å². The van der Waals surface area contributed by atoms with Crippen molar-refractivity contribution < 1.29 is 14.6 Å². The van der Waals surface area contributed by atoms with Crippen molar-refractivity contribution in [3.8, 4) is 5.75 Å². The zero-order valence-corrected chi connectivity index (χ0v) is 16.4. The molecule has 29 heavy (non-hydrogen) atoms. The monoisotopic (exact) mass is 385 g/mol. The SMILES string of the molecule is COc1ccccc1N=C(Cc1cccc2ccccc12)C1=C(O)CCCC1=O. The van der Waals surface area contributed by atoms with Crippen LogP contribution in [0.15, 0.2) is 83.1 Å². The smallest absolute Gasteiger partial charge is 0.168 e. The molecule has 146 valence electrons. The number of methoxy groups -OCH3 is 1. The maximum Gasteiger partial charge on any atom is 0.168 e. The number of aliphatic imine (C=N–C) groups is 1. The quantitative estimate of drug-likeness (QED) is 0.571. The third-order valence-electron chi connectivity index (χ3n) is 5.25. The fourth-order valence-corrected chi connectivity index (χ4v) is 3.83. The highest BCUT2D eigenvalue weighted by Crippen LogP contribution is 2.31. The van der Waals surface area contributed by atoms with Gasteiger partial charge in [0.05, 0.1) is 18.4 Å². The fourth-order valence-electron chi connectivity index (χ4n) is 3.83. The average molecular weight is 385 g/mol. The summed E-state index contributed by atoms with van der Waals surface area (Å²) >= 11 is 0. The van der Waals surface area contributed by atoms with Gasteiger partial charge in [-0.15, -0.1) is 0 Å². The molecule has 4 rings (SSSR count). The molecule has 3 aromatic carbocycles. The lowest BCUT2D eigenvalue weighted by Gasteiger charge is -2.18. The Kier molecular flexibility index (Phi) is 5.43. The van der Waals surface area contributed by atoms with Crippen LogP contribution in [0.3, 0.4) is 0 Å². The number of benzene rings is 3. The van der Waals surface area contributed by atoms with Crippen LogP contribution in [0.5, 0.6) is 5.75 Å². The minimum Gasteiger partial charge on any atom is -0.511 e. The van der Waals surface area contributed by atoms with Crippen LogP contribution in [0.4, 0.5) is 5.69 Å². The molecule has 0 saturated carbocycles. The summed E-state index contributed by atoms with van der Waals surface area (Å²) in [5, 5.41) is 12.8. The molecule has 0 aromatic heterocycles. The Balaban J connectivity index is 1.87. The number of para-hydroxylation sites is 2. The number of carbonyl (C=O) groups is 1. The molecule has 0 spiro atoms. The molecule has 0 bridgehead atoms. The Labute approximate surface area is 170 Å². The van der Waals surface area contributed by atoms with Crippen molar-refractivity contribution >= 4 is 28.0 Å². The first kappa shape index (κ1) is 18.9. The zero-order valence-electron chi connectivity index (χ0n) is 16.4.